The SMILES string of the molecule is COc1ccc(C(=CC=O)c2cccnc2)cc1. The van der Waals surface area contributed by atoms with E-state index in [9.17, 15) is 4.79 Å². The number of benzene rings is 1. The molecule has 0 unspecified atom stereocenters. The van der Waals surface area contributed by atoms with Crippen molar-refractivity contribution in [3.63, 3.8) is 0 Å². The van der Waals surface area contributed by atoms with Gasteiger partial charge in [-0.05, 0) is 35.4 Å². The molecular formula is C15H13NO2. The van der Waals surface area contributed by atoms with Crippen LogP contribution in [0.15, 0.2) is 54.9 Å². The first-order valence-electron chi connectivity index (χ1n) is 5.55. The molecule has 3 nitrogen and oxygen atoms in total. The summed E-state index contributed by atoms with van der Waals surface area (Å²) >= 11 is 0. The molecule has 1 aromatic carbocycles. The Kier molecular flexibility index (Phi) is 3.86. The minimum Gasteiger partial charge on any atom is -0.497 e. The van der Waals surface area contributed by atoms with Crippen LogP contribution in [0.25, 0.3) is 5.57 Å². The first-order chi connectivity index (χ1) is 8.85. The standard InChI is InChI=1S/C15H13NO2/c1-18-14-6-4-12(5-7-14)15(8-10-17)13-3-2-9-16-11-13/h2-11H,1H3. The van der Waals surface area contributed by atoms with Crippen LogP contribution in [0.2, 0.25) is 0 Å². The molecule has 0 N–H and O–H groups in total. The number of aldehydes is 1. The number of rotatable bonds is 4. The topological polar surface area (TPSA) is 39.2 Å². The van der Waals surface area contributed by atoms with Gasteiger partial charge in [0.2, 0.25) is 0 Å². The molecule has 2 aromatic rings. The number of ether oxygens (including phenoxy) is 1. The Morgan fingerprint density at radius 2 is 1.94 bits per heavy atom. The van der Waals surface area contributed by atoms with Gasteiger partial charge in [-0.2, -0.15) is 0 Å². The molecule has 1 aromatic heterocycles. The fraction of sp³-hybridized carbons (Fsp3) is 0.0667. The van der Waals surface area contributed by atoms with Crippen molar-refractivity contribution in [2.24, 2.45) is 0 Å². The van der Waals surface area contributed by atoms with E-state index in [1.54, 1.807) is 25.6 Å². The van der Waals surface area contributed by atoms with E-state index in [-0.39, 0.29) is 0 Å². The van der Waals surface area contributed by atoms with E-state index in [2.05, 4.69) is 4.98 Å². The molecule has 18 heavy (non-hydrogen) atoms. The minimum atomic E-state index is 0.784. The highest BCUT2D eigenvalue weighted by atomic mass is 16.5. The maximum atomic E-state index is 10.8. The molecule has 90 valence electrons. The van der Waals surface area contributed by atoms with E-state index >= 15 is 0 Å². The summed E-state index contributed by atoms with van der Waals surface area (Å²) in [4.78, 5) is 14.8. The highest BCUT2D eigenvalue weighted by Crippen LogP contribution is 2.24. The maximum absolute atomic E-state index is 10.8. The summed E-state index contributed by atoms with van der Waals surface area (Å²) in [6.07, 6.45) is 5.76. The van der Waals surface area contributed by atoms with Crippen molar-refractivity contribution in [2.45, 2.75) is 0 Å². The fourth-order valence-corrected chi connectivity index (χ4v) is 1.72. The van der Waals surface area contributed by atoms with Crippen LogP contribution in [0.5, 0.6) is 5.75 Å². The monoisotopic (exact) mass is 239 g/mol. The summed E-state index contributed by atoms with van der Waals surface area (Å²) in [6.45, 7) is 0. The lowest BCUT2D eigenvalue weighted by Crippen LogP contribution is -1.90. The smallest absolute Gasteiger partial charge is 0.143 e. The lowest BCUT2D eigenvalue weighted by molar-refractivity contribution is -0.104. The predicted molar refractivity (Wildman–Crippen MR) is 70.4 cm³/mol. The molecule has 1 heterocycles. The summed E-state index contributed by atoms with van der Waals surface area (Å²) < 4.78 is 5.11. The van der Waals surface area contributed by atoms with Crippen molar-refractivity contribution in [3.8, 4) is 5.75 Å². The molecule has 0 aliphatic heterocycles. The number of pyridine rings is 1. The lowest BCUT2D eigenvalue weighted by atomic mass is 9.99. The first-order valence-corrected chi connectivity index (χ1v) is 5.55. The van der Waals surface area contributed by atoms with Crippen molar-refractivity contribution in [1.82, 2.24) is 4.98 Å². The van der Waals surface area contributed by atoms with E-state index in [0.717, 1.165) is 28.7 Å². The molecule has 0 fully saturated rings. The molecule has 2 rings (SSSR count). The second-order valence-electron chi connectivity index (χ2n) is 3.69. The summed E-state index contributed by atoms with van der Waals surface area (Å²) in [5.41, 5.74) is 2.71. The van der Waals surface area contributed by atoms with Crippen molar-refractivity contribution in [1.29, 1.82) is 0 Å². The lowest BCUT2D eigenvalue weighted by Gasteiger charge is -2.07. The highest BCUT2D eigenvalue weighted by molar-refractivity contribution is 5.89. The number of methoxy groups -OCH3 is 1. The third-order valence-electron chi connectivity index (χ3n) is 2.61. The molecule has 0 saturated heterocycles. The van der Waals surface area contributed by atoms with Gasteiger partial charge in [-0.3, -0.25) is 9.78 Å². The van der Waals surface area contributed by atoms with E-state index in [1.165, 1.54) is 0 Å². The van der Waals surface area contributed by atoms with Crippen molar-refractivity contribution < 1.29 is 9.53 Å². The predicted octanol–water partition coefficient (Wildman–Crippen LogP) is 2.72. The van der Waals surface area contributed by atoms with E-state index in [1.807, 2.05) is 36.4 Å². The number of carbonyl (C=O) groups excluding carboxylic acids is 1. The Morgan fingerprint density at radius 3 is 2.50 bits per heavy atom. The van der Waals surface area contributed by atoms with Crippen LogP contribution in [0.3, 0.4) is 0 Å². The van der Waals surface area contributed by atoms with Crippen LogP contribution in [-0.4, -0.2) is 18.4 Å². The molecule has 0 bridgehead atoms. The molecule has 0 saturated carbocycles. The summed E-state index contributed by atoms with van der Waals surface area (Å²) in [7, 11) is 1.62. The van der Waals surface area contributed by atoms with Crippen molar-refractivity contribution in [2.75, 3.05) is 7.11 Å². The van der Waals surface area contributed by atoms with E-state index in [4.69, 9.17) is 4.74 Å². The molecule has 3 heteroatoms. The van der Waals surface area contributed by atoms with Gasteiger partial charge in [0.1, 0.15) is 12.0 Å². The zero-order chi connectivity index (χ0) is 12.8. The number of nitrogens with zero attached hydrogens (tertiary/aromatic N) is 1. The number of hydrogen-bond acceptors (Lipinski definition) is 3. The van der Waals surface area contributed by atoms with Gasteiger partial charge >= 0.3 is 0 Å². The molecule has 0 spiro atoms. The zero-order valence-electron chi connectivity index (χ0n) is 10.0. The Morgan fingerprint density at radius 1 is 1.17 bits per heavy atom. The van der Waals surface area contributed by atoms with Gasteiger partial charge in [0.25, 0.3) is 0 Å². The third kappa shape index (κ3) is 2.63. The quantitative estimate of drug-likeness (QED) is 0.608. The van der Waals surface area contributed by atoms with E-state index < -0.39 is 0 Å². The van der Waals surface area contributed by atoms with Crippen LogP contribution in [0, 0.1) is 0 Å². The van der Waals surface area contributed by atoms with Gasteiger partial charge in [0, 0.05) is 18.0 Å². The Hall–Kier alpha value is -2.42. The largest absolute Gasteiger partial charge is 0.497 e. The molecule has 0 atom stereocenters. The average molecular weight is 239 g/mol. The number of carbonyl (C=O) groups is 1. The van der Waals surface area contributed by atoms with Gasteiger partial charge in [0.05, 0.1) is 7.11 Å². The van der Waals surface area contributed by atoms with Crippen molar-refractivity contribution in [3.05, 3.63) is 66.0 Å². The number of allylic oxidation sites excluding steroid dienone is 1. The molecule has 0 aliphatic carbocycles. The van der Waals surface area contributed by atoms with Gasteiger partial charge in [-0.15, -0.1) is 0 Å². The van der Waals surface area contributed by atoms with Crippen molar-refractivity contribution >= 4 is 11.9 Å². The van der Waals surface area contributed by atoms with Crippen LogP contribution >= 0.6 is 0 Å². The Balaban J connectivity index is 2.42. The van der Waals surface area contributed by atoms with Gasteiger partial charge < -0.3 is 4.74 Å². The Bertz CT molecular complexity index is 544. The normalized spacial score (nSPS) is 11.1. The molecule has 0 amide bonds. The number of hydrogen-bond donors (Lipinski definition) is 0. The highest BCUT2D eigenvalue weighted by Gasteiger charge is 2.04. The van der Waals surface area contributed by atoms with Gasteiger partial charge in [0.15, 0.2) is 0 Å². The molecule has 0 aliphatic rings. The maximum Gasteiger partial charge on any atom is 0.143 e. The Labute approximate surface area is 106 Å². The fourth-order valence-electron chi connectivity index (χ4n) is 1.72. The molecule has 0 radical (unpaired) electrons. The van der Waals surface area contributed by atoms with Gasteiger partial charge in [-0.1, -0.05) is 18.2 Å². The minimum absolute atomic E-state index is 0.784. The zero-order valence-corrected chi connectivity index (χ0v) is 10.0. The van der Waals surface area contributed by atoms with Gasteiger partial charge in [-0.25, -0.2) is 0 Å². The second kappa shape index (κ2) is 5.77. The second-order valence-corrected chi connectivity index (χ2v) is 3.69. The van der Waals surface area contributed by atoms with Crippen LogP contribution in [0.1, 0.15) is 11.1 Å². The van der Waals surface area contributed by atoms with Crippen LogP contribution < -0.4 is 4.74 Å². The van der Waals surface area contributed by atoms with Crippen LogP contribution in [0.4, 0.5) is 0 Å². The summed E-state index contributed by atoms with van der Waals surface area (Å²) in [6, 6.07) is 11.3. The molecular weight excluding hydrogens is 226 g/mol. The first kappa shape index (κ1) is 12.0. The van der Waals surface area contributed by atoms with Crippen LogP contribution in [-0.2, 0) is 4.79 Å². The summed E-state index contributed by atoms with van der Waals surface area (Å²) in [5, 5.41) is 0. The third-order valence-corrected chi connectivity index (χ3v) is 2.61. The van der Waals surface area contributed by atoms with E-state index in [0.29, 0.717) is 0 Å². The average Bonchev–Trinajstić information content (AvgIpc) is 2.46. The number of aromatic nitrogens is 1. The summed E-state index contributed by atoms with van der Waals surface area (Å²) in [5.74, 6) is 0.787.